The minimum atomic E-state index is 0.713. The Kier molecular flexibility index (Phi) is 8.54. The largest absolute Gasteiger partial charge is 0.493 e. The van der Waals surface area contributed by atoms with Gasteiger partial charge < -0.3 is 24.4 Å². The minimum Gasteiger partial charge on any atom is -0.493 e. The van der Waals surface area contributed by atoms with Crippen LogP contribution in [0, 0.1) is 5.92 Å². The first-order chi connectivity index (χ1) is 12.7. The number of benzene rings is 1. The van der Waals surface area contributed by atoms with E-state index in [4.69, 9.17) is 19.2 Å². The summed E-state index contributed by atoms with van der Waals surface area (Å²) in [6.07, 6.45) is 3.51. The predicted molar refractivity (Wildman–Crippen MR) is 105 cm³/mol. The maximum Gasteiger partial charge on any atom is 0.193 e. The standard InChI is InChI=1S/C20H33N3O3/c1-5-21-20(23(2)12-13-26-15-17-6-7-17)22-11-10-16-8-9-18(24-3)19(14-16)25-4/h8-9,14,17H,5-7,10-13,15H2,1-4H3,(H,21,22). The number of methoxy groups -OCH3 is 2. The molecule has 1 aliphatic carbocycles. The van der Waals surface area contributed by atoms with Crippen molar-refractivity contribution in [3.8, 4) is 11.5 Å². The normalized spacial score (nSPS) is 14.2. The molecule has 0 saturated heterocycles. The third-order valence-electron chi connectivity index (χ3n) is 4.43. The molecule has 1 fully saturated rings. The van der Waals surface area contributed by atoms with Gasteiger partial charge in [-0.1, -0.05) is 6.07 Å². The minimum absolute atomic E-state index is 0.713. The lowest BCUT2D eigenvalue weighted by molar-refractivity contribution is 0.115. The number of aliphatic imine (C=N–C) groups is 1. The van der Waals surface area contributed by atoms with Crippen molar-refractivity contribution in [2.75, 3.05) is 54.1 Å². The Morgan fingerprint density at radius 1 is 1.23 bits per heavy atom. The molecule has 0 bridgehead atoms. The Labute approximate surface area is 157 Å². The molecule has 6 nitrogen and oxygen atoms in total. The highest BCUT2D eigenvalue weighted by Crippen LogP contribution is 2.29. The maximum absolute atomic E-state index is 5.73. The lowest BCUT2D eigenvalue weighted by atomic mass is 10.1. The molecule has 2 rings (SSSR count). The number of rotatable bonds is 11. The van der Waals surface area contributed by atoms with Crippen LogP contribution >= 0.6 is 0 Å². The summed E-state index contributed by atoms with van der Waals surface area (Å²) in [6, 6.07) is 6.00. The Bertz CT molecular complexity index is 573. The van der Waals surface area contributed by atoms with E-state index >= 15 is 0 Å². The van der Waals surface area contributed by atoms with Gasteiger partial charge in [-0.05, 0) is 49.8 Å². The average Bonchev–Trinajstić information content (AvgIpc) is 3.48. The lowest BCUT2D eigenvalue weighted by Crippen LogP contribution is -2.40. The molecule has 1 aromatic rings. The van der Waals surface area contributed by atoms with E-state index in [1.807, 2.05) is 12.1 Å². The molecule has 0 spiro atoms. The Hall–Kier alpha value is -1.95. The third kappa shape index (κ3) is 6.75. The molecule has 0 radical (unpaired) electrons. The molecule has 1 N–H and O–H groups in total. The summed E-state index contributed by atoms with van der Waals surface area (Å²) in [5.74, 6) is 3.23. The summed E-state index contributed by atoms with van der Waals surface area (Å²) in [6.45, 7) is 6.14. The molecule has 0 unspecified atom stereocenters. The van der Waals surface area contributed by atoms with Gasteiger partial charge in [0.2, 0.25) is 0 Å². The molecule has 146 valence electrons. The Balaban J connectivity index is 1.82. The van der Waals surface area contributed by atoms with E-state index in [2.05, 4.69) is 30.3 Å². The fourth-order valence-corrected chi connectivity index (χ4v) is 2.64. The first-order valence-electron chi connectivity index (χ1n) is 9.46. The predicted octanol–water partition coefficient (Wildman–Crippen LogP) is 2.57. The molecule has 0 heterocycles. The zero-order chi connectivity index (χ0) is 18.8. The van der Waals surface area contributed by atoms with Crippen molar-refractivity contribution in [1.82, 2.24) is 10.2 Å². The molecular formula is C20H33N3O3. The van der Waals surface area contributed by atoms with Crippen molar-refractivity contribution < 1.29 is 14.2 Å². The van der Waals surface area contributed by atoms with Crippen LogP contribution in [-0.4, -0.2) is 65.0 Å². The van der Waals surface area contributed by atoms with Crippen LogP contribution in [0.3, 0.4) is 0 Å². The summed E-state index contributed by atoms with van der Waals surface area (Å²) in [5, 5.41) is 3.35. The number of nitrogens with zero attached hydrogens (tertiary/aromatic N) is 2. The summed E-state index contributed by atoms with van der Waals surface area (Å²) < 4.78 is 16.4. The van der Waals surface area contributed by atoms with Crippen LogP contribution in [-0.2, 0) is 11.2 Å². The van der Waals surface area contributed by atoms with Crippen LogP contribution in [0.25, 0.3) is 0 Å². The van der Waals surface area contributed by atoms with Crippen molar-refractivity contribution >= 4 is 5.96 Å². The molecular weight excluding hydrogens is 330 g/mol. The maximum atomic E-state index is 5.73. The molecule has 6 heteroatoms. The van der Waals surface area contributed by atoms with Crippen LogP contribution in [0.15, 0.2) is 23.2 Å². The molecule has 0 aromatic heterocycles. The van der Waals surface area contributed by atoms with Gasteiger partial charge in [-0.2, -0.15) is 0 Å². The van der Waals surface area contributed by atoms with Gasteiger partial charge in [0.15, 0.2) is 17.5 Å². The topological polar surface area (TPSA) is 55.3 Å². The summed E-state index contributed by atoms with van der Waals surface area (Å²) in [7, 11) is 5.36. The van der Waals surface area contributed by atoms with Gasteiger partial charge in [0.05, 0.1) is 20.8 Å². The van der Waals surface area contributed by atoms with Gasteiger partial charge >= 0.3 is 0 Å². The van der Waals surface area contributed by atoms with Crippen LogP contribution in [0.2, 0.25) is 0 Å². The number of hydrogen-bond acceptors (Lipinski definition) is 4. The first-order valence-corrected chi connectivity index (χ1v) is 9.46. The quantitative estimate of drug-likeness (QED) is 0.372. The van der Waals surface area contributed by atoms with E-state index in [1.165, 1.54) is 18.4 Å². The van der Waals surface area contributed by atoms with Gasteiger partial charge in [0.25, 0.3) is 0 Å². The number of likely N-dealkylation sites (N-methyl/N-ethyl adjacent to an activating group) is 1. The summed E-state index contributed by atoms with van der Waals surface area (Å²) in [4.78, 5) is 6.87. The number of hydrogen-bond donors (Lipinski definition) is 1. The van der Waals surface area contributed by atoms with E-state index in [1.54, 1.807) is 14.2 Å². The summed E-state index contributed by atoms with van der Waals surface area (Å²) >= 11 is 0. The molecule has 0 atom stereocenters. The fraction of sp³-hybridized carbons (Fsp3) is 0.650. The molecule has 1 saturated carbocycles. The van der Waals surface area contributed by atoms with Crippen LogP contribution in [0.4, 0.5) is 0 Å². The van der Waals surface area contributed by atoms with Gasteiger partial charge in [-0.25, -0.2) is 0 Å². The second-order valence-corrected chi connectivity index (χ2v) is 6.61. The third-order valence-corrected chi connectivity index (χ3v) is 4.43. The van der Waals surface area contributed by atoms with Crippen LogP contribution in [0.1, 0.15) is 25.3 Å². The lowest BCUT2D eigenvalue weighted by Gasteiger charge is -2.22. The first kappa shape index (κ1) is 20.4. The van der Waals surface area contributed by atoms with Gasteiger partial charge in [0, 0.05) is 33.3 Å². The zero-order valence-corrected chi connectivity index (χ0v) is 16.6. The van der Waals surface area contributed by atoms with E-state index in [0.717, 1.165) is 56.1 Å². The van der Waals surface area contributed by atoms with E-state index in [9.17, 15) is 0 Å². The van der Waals surface area contributed by atoms with E-state index in [-0.39, 0.29) is 0 Å². The van der Waals surface area contributed by atoms with Crippen LogP contribution < -0.4 is 14.8 Å². The molecule has 1 aliphatic rings. The highest BCUT2D eigenvalue weighted by molar-refractivity contribution is 5.79. The smallest absolute Gasteiger partial charge is 0.193 e. The highest BCUT2D eigenvalue weighted by atomic mass is 16.5. The number of ether oxygens (including phenoxy) is 3. The van der Waals surface area contributed by atoms with Crippen molar-refractivity contribution in [3.63, 3.8) is 0 Å². The van der Waals surface area contributed by atoms with Gasteiger partial charge in [-0.15, -0.1) is 0 Å². The second-order valence-electron chi connectivity index (χ2n) is 6.61. The van der Waals surface area contributed by atoms with Gasteiger partial charge in [0.1, 0.15) is 0 Å². The van der Waals surface area contributed by atoms with Crippen molar-refractivity contribution in [2.45, 2.75) is 26.2 Å². The number of guanidine groups is 1. The monoisotopic (exact) mass is 363 g/mol. The van der Waals surface area contributed by atoms with Crippen molar-refractivity contribution in [2.24, 2.45) is 10.9 Å². The van der Waals surface area contributed by atoms with Crippen molar-refractivity contribution in [1.29, 1.82) is 0 Å². The SMILES string of the molecule is CCNC(=NCCc1ccc(OC)c(OC)c1)N(C)CCOCC1CC1. The molecule has 0 aliphatic heterocycles. The fourth-order valence-electron chi connectivity index (χ4n) is 2.64. The Morgan fingerprint density at radius 3 is 2.65 bits per heavy atom. The van der Waals surface area contributed by atoms with E-state index in [0.29, 0.717) is 6.54 Å². The molecule has 1 aromatic carbocycles. The number of nitrogens with one attached hydrogen (secondary N) is 1. The zero-order valence-electron chi connectivity index (χ0n) is 16.6. The van der Waals surface area contributed by atoms with E-state index < -0.39 is 0 Å². The summed E-state index contributed by atoms with van der Waals surface area (Å²) in [5.41, 5.74) is 1.18. The molecule has 26 heavy (non-hydrogen) atoms. The van der Waals surface area contributed by atoms with Crippen LogP contribution in [0.5, 0.6) is 11.5 Å². The Morgan fingerprint density at radius 2 is 2.00 bits per heavy atom. The molecule has 0 amide bonds. The highest BCUT2D eigenvalue weighted by Gasteiger charge is 2.21. The van der Waals surface area contributed by atoms with Gasteiger partial charge in [-0.3, -0.25) is 4.99 Å². The van der Waals surface area contributed by atoms with Crippen molar-refractivity contribution in [3.05, 3.63) is 23.8 Å². The second kappa shape index (κ2) is 10.9. The average molecular weight is 364 g/mol.